The van der Waals surface area contributed by atoms with Gasteiger partial charge in [-0.25, -0.2) is 8.78 Å². The Morgan fingerprint density at radius 1 is 0.971 bits per heavy atom. The van der Waals surface area contributed by atoms with Crippen LogP contribution in [0.5, 0.6) is 0 Å². The molecule has 0 radical (unpaired) electrons. The van der Waals surface area contributed by atoms with E-state index >= 15 is 0 Å². The molecule has 0 spiro atoms. The third kappa shape index (κ3) is 4.90. The average Bonchev–Trinajstić information content (AvgIpc) is 2.78. The molecule has 4 rings (SSSR count). The van der Waals surface area contributed by atoms with Crippen LogP contribution in [0, 0.1) is 18.6 Å². The zero-order chi connectivity index (χ0) is 25.5. The van der Waals surface area contributed by atoms with E-state index in [1.165, 1.54) is 18.2 Å². The van der Waals surface area contributed by atoms with E-state index in [1.807, 2.05) is 0 Å². The summed E-state index contributed by atoms with van der Waals surface area (Å²) in [6.07, 6.45) is -7.56. The number of hydrogen-bond donors (Lipinski definition) is 2. The molecular formula is C26H20F5NO3. The summed E-state index contributed by atoms with van der Waals surface area (Å²) in [6, 6.07) is 12.0. The summed E-state index contributed by atoms with van der Waals surface area (Å²) in [5, 5.41) is 12.9. The molecule has 9 heteroatoms. The largest absolute Gasteiger partial charge is 0.455 e. The Hall–Kier alpha value is -3.72. The Kier molecular flexibility index (Phi) is 6.38. The summed E-state index contributed by atoms with van der Waals surface area (Å²) < 4.78 is 73.1. The van der Waals surface area contributed by atoms with Crippen LogP contribution in [-0.4, -0.2) is 11.3 Å². The lowest BCUT2D eigenvalue weighted by Crippen LogP contribution is -2.22. The molecule has 1 heterocycles. The van der Waals surface area contributed by atoms with Crippen molar-refractivity contribution in [3.05, 3.63) is 99.2 Å². The number of alkyl halides is 3. The van der Waals surface area contributed by atoms with Crippen molar-refractivity contribution >= 4 is 16.7 Å². The highest BCUT2D eigenvalue weighted by Crippen LogP contribution is 2.38. The first-order valence-corrected chi connectivity index (χ1v) is 10.6. The monoisotopic (exact) mass is 489 g/mol. The lowest BCUT2D eigenvalue weighted by Gasteiger charge is -2.23. The molecule has 35 heavy (non-hydrogen) atoms. The highest BCUT2D eigenvalue weighted by atomic mass is 19.4. The van der Waals surface area contributed by atoms with Crippen LogP contribution < -0.4 is 10.7 Å². The van der Waals surface area contributed by atoms with Crippen LogP contribution in [0.1, 0.15) is 35.8 Å². The van der Waals surface area contributed by atoms with Crippen LogP contribution in [0.2, 0.25) is 0 Å². The van der Waals surface area contributed by atoms with Gasteiger partial charge in [0.2, 0.25) is 0 Å². The third-order valence-corrected chi connectivity index (χ3v) is 5.60. The quantitative estimate of drug-likeness (QED) is 0.302. The van der Waals surface area contributed by atoms with Gasteiger partial charge >= 0.3 is 6.18 Å². The maximum atomic E-state index is 14.4. The number of para-hydroxylation sites is 1. The topological polar surface area (TPSA) is 62.5 Å². The van der Waals surface area contributed by atoms with E-state index in [-0.39, 0.29) is 33.5 Å². The zero-order valence-corrected chi connectivity index (χ0v) is 18.6. The van der Waals surface area contributed by atoms with Gasteiger partial charge < -0.3 is 14.8 Å². The normalized spacial score (nSPS) is 13.6. The summed E-state index contributed by atoms with van der Waals surface area (Å²) in [6.45, 7) is 3.39. The fraction of sp³-hybridized carbons (Fsp3) is 0.192. The van der Waals surface area contributed by atoms with E-state index in [0.717, 1.165) is 24.3 Å². The molecule has 182 valence electrons. The lowest BCUT2D eigenvalue weighted by molar-refractivity contribution is -0.206. The molecule has 4 aromatic rings. The summed E-state index contributed by atoms with van der Waals surface area (Å²) in [5.41, 5.74) is 0.333. The Labute approximate surface area is 196 Å². The predicted octanol–water partition coefficient (Wildman–Crippen LogP) is 6.82. The van der Waals surface area contributed by atoms with E-state index in [0.29, 0.717) is 17.2 Å². The maximum absolute atomic E-state index is 14.4. The minimum absolute atomic E-state index is 0.0440. The summed E-state index contributed by atoms with van der Waals surface area (Å²) >= 11 is 0. The first-order valence-electron chi connectivity index (χ1n) is 10.6. The van der Waals surface area contributed by atoms with Gasteiger partial charge in [0.15, 0.2) is 11.5 Å². The molecule has 3 aromatic carbocycles. The SMILES string of the molecule is Cc1cc([C@@H](C)Nc2ccccc2C(O)C(F)(F)F)c2oc(-c3ccc(F)cc3F)cc(=O)c2c1. The molecular weight excluding hydrogens is 469 g/mol. The van der Waals surface area contributed by atoms with Crippen LogP contribution in [0.3, 0.4) is 0 Å². The Morgan fingerprint density at radius 3 is 2.37 bits per heavy atom. The number of nitrogens with one attached hydrogen (secondary N) is 1. The number of aryl methyl sites for hydroxylation is 1. The second kappa shape index (κ2) is 9.14. The van der Waals surface area contributed by atoms with Gasteiger partial charge in [-0.3, -0.25) is 4.79 Å². The lowest BCUT2D eigenvalue weighted by atomic mass is 9.99. The maximum Gasteiger partial charge on any atom is 0.418 e. The fourth-order valence-corrected chi connectivity index (χ4v) is 3.93. The van der Waals surface area contributed by atoms with Crippen LogP contribution >= 0.6 is 0 Å². The summed E-state index contributed by atoms with van der Waals surface area (Å²) in [4.78, 5) is 12.9. The summed E-state index contributed by atoms with van der Waals surface area (Å²) in [5.74, 6) is -1.82. The molecule has 2 atom stereocenters. The molecule has 0 fully saturated rings. The van der Waals surface area contributed by atoms with E-state index in [9.17, 15) is 31.9 Å². The molecule has 4 nitrogen and oxygen atoms in total. The van der Waals surface area contributed by atoms with Crippen molar-refractivity contribution in [2.45, 2.75) is 32.2 Å². The Bertz CT molecular complexity index is 1460. The van der Waals surface area contributed by atoms with Crippen molar-refractivity contribution in [2.75, 3.05) is 5.32 Å². The average molecular weight is 489 g/mol. The number of aliphatic hydroxyl groups is 1. The van der Waals surface area contributed by atoms with E-state index < -0.39 is 35.4 Å². The molecule has 0 saturated heterocycles. The summed E-state index contributed by atoms with van der Waals surface area (Å²) in [7, 11) is 0. The molecule has 1 aromatic heterocycles. The van der Waals surface area contributed by atoms with E-state index in [1.54, 1.807) is 26.0 Å². The number of fused-ring (bicyclic) bond motifs is 1. The van der Waals surface area contributed by atoms with Crippen LogP contribution in [0.15, 0.2) is 69.9 Å². The molecule has 0 bridgehead atoms. The van der Waals surface area contributed by atoms with Crippen molar-refractivity contribution < 1.29 is 31.5 Å². The van der Waals surface area contributed by atoms with Gasteiger partial charge in [-0.15, -0.1) is 0 Å². The molecule has 2 N–H and O–H groups in total. The van der Waals surface area contributed by atoms with E-state index in [4.69, 9.17) is 4.42 Å². The minimum atomic E-state index is -4.86. The third-order valence-electron chi connectivity index (χ3n) is 5.60. The number of rotatable bonds is 5. The van der Waals surface area contributed by atoms with Gasteiger partial charge in [-0.05, 0) is 43.7 Å². The van der Waals surface area contributed by atoms with Crippen LogP contribution in [0.25, 0.3) is 22.3 Å². The van der Waals surface area contributed by atoms with Gasteiger partial charge in [0.25, 0.3) is 0 Å². The van der Waals surface area contributed by atoms with Gasteiger partial charge in [0.1, 0.15) is 23.0 Å². The molecule has 1 unspecified atom stereocenters. The van der Waals surface area contributed by atoms with Crippen LogP contribution in [-0.2, 0) is 0 Å². The number of benzene rings is 3. The van der Waals surface area contributed by atoms with Gasteiger partial charge in [-0.1, -0.05) is 24.3 Å². The number of aliphatic hydroxyl groups excluding tert-OH is 1. The Balaban J connectivity index is 1.83. The van der Waals surface area contributed by atoms with Crippen molar-refractivity contribution in [3.8, 4) is 11.3 Å². The molecule has 0 aliphatic rings. The first kappa shape index (κ1) is 24.4. The van der Waals surface area contributed by atoms with Crippen LogP contribution in [0.4, 0.5) is 27.6 Å². The van der Waals surface area contributed by atoms with Gasteiger partial charge in [-0.2, -0.15) is 13.2 Å². The smallest absolute Gasteiger partial charge is 0.418 e. The van der Waals surface area contributed by atoms with Gasteiger partial charge in [0.05, 0.1) is 17.0 Å². The van der Waals surface area contributed by atoms with Crippen molar-refractivity contribution in [1.29, 1.82) is 0 Å². The fourth-order valence-electron chi connectivity index (χ4n) is 3.93. The standard InChI is InChI=1S/C26H20F5NO3/c1-13-9-18(14(2)32-21-6-4-3-5-17(21)25(34)26(29,30)31)24-19(10-13)22(33)12-23(35-24)16-8-7-15(27)11-20(16)28/h3-12,14,25,32,34H,1-2H3/t14-,25?/m1/s1. The van der Waals surface area contributed by atoms with Crippen molar-refractivity contribution in [2.24, 2.45) is 0 Å². The highest BCUT2D eigenvalue weighted by Gasteiger charge is 2.40. The predicted molar refractivity (Wildman–Crippen MR) is 122 cm³/mol. The number of hydrogen-bond acceptors (Lipinski definition) is 4. The van der Waals surface area contributed by atoms with Gasteiger partial charge in [0, 0.05) is 28.9 Å². The Morgan fingerprint density at radius 2 is 1.69 bits per heavy atom. The number of anilines is 1. The molecule has 0 saturated carbocycles. The first-order chi connectivity index (χ1) is 16.5. The molecule has 0 amide bonds. The second-order valence-electron chi connectivity index (χ2n) is 8.23. The molecule has 0 aliphatic carbocycles. The van der Waals surface area contributed by atoms with E-state index in [2.05, 4.69) is 5.32 Å². The van der Waals surface area contributed by atoms with Crippen molar-refractivity contribution in [3.63, 3.8) is 0 Å². The second-order valence-corrected chi connectivity index (χ2v) is 8.23. The molecule has 0 aliphatic heterocycles. The highest BCUT2D eigenvalue weighted by molar-refractivity contribution is 5.83. The number of halogens is 5. The minimum Gasteiger partial charge on any atom is -0.455 e. The zero-order valence-electron chi connectivity index (χ0n) is 18.6. The van der Waals surface area contributed by atoms with Crippen molar-refractivity contribution in [1.82, 2.24) is 0 Å².